The molecule has 3 aromatic carbocycles. The Balaban J connectivity index is 1.51. The van der Waals surface area contributed by atoms with Crippen molar-refractivity contribution in [3.63, 3.8) is 0 Å². The normalized spacial score (nSPS) is 10.9. The van der Waals surface area contributed by atoms with Crippen LogP contribution in [0.25, 0.3) is 16.9 Å². The lowest BCUT2D eigenvalue weighted by Gasteiger charge is -2.13. The second-order valence-corrected chi connectivity index (χ2v) is 8.14. The quantitative estimate of drug-likeness (QED) is 0.407. The molecule has 6 nitrogen and oxygen atoms in total. The summed E-state index contributed by atoms with van der Waals surface area (Å²) in [5.41, 5.74) is 3.83. The summed E-state index contributed by atoms with van der Waals surface area (Å²) in [7, 11) is 0. The summed E-state index contributed by atoms with van der Waals surface area (Å²) in [6.45, 7) is 1.03. The molecule has 3 aromatic rings. The minimum atomic E-state index is -0.249. The van der Waals surface area contributed by atoms with E-state index < -0.39 is 0 Å². The molecule has 2 aliphatic rings. The number of pyridine rings is 1. The number of amides is 1. The lowest BCUT2D eigenvalue weighted by atomic mass is 10.1. The van der Waals surface area contributed by atoms with Gasteiger partial charge in [-0.25, -0.2) is 0 Å². The molecule has 1 N–H and O–H groups in total. The molecule has 0 saturated carbocycles. The van der Waals surface area contributed by atoms with Gasteiger partial charge < -0.3 is 9.88 Å². The van der Waals surface area contributed by atoms with Crippen LogP contribution < -0.4 is 10.9 Å². The number of carbonyl (C=O) groups is 1. The average Bonchev–Trinajstić information content (AvgIpc) is 3.21. The smallest absolute Gasteiger partial charge is 0.282 e. The molecule has 168 valence electrons. The Morgan fingerprint density at radius 3 is 2.09 bits per heavy atom. The van der Waals surface area contributed by atoms with E-state index in [1.807, 2.05) is 95.6 Å². The fourth-order valence-corrected chi connectivity index (χ4v) is 4.02. The van der Waals surface area contributed by atoms with Gasteiger partial charge in [-0.2, -0.15) is 9.78 Å². The lowest BCUT2D eigenvalue weighted by Crippen LogP contribution is -2.27. The van der Waals surface area contributed by atoms with Crippen molar-refractivity contribution >= 4 is 5.91 Å². The van der Waals surface area contributed by atoms with Gasteiger partial charge in [-0.1, -0.05) is 78.9 Å². The first kappa shape index (κ1) is 21.4. The van der Waals surface area contributed by atoms with Crippen molar-refractivity contribution in [3.8, 4) is 16.9 Å². The van der Waals surface area contributed by atoms with Crippen molar-refractivity contribution in [2.45, 2.75) is 13.0 Å². The highest BCUT2D eigenvalue weighted by Gasteiger charge is 2.24. The van der Waals surface area contributed by atoms with Crippen LogP contribution in [0.4, 0.5) is 0 Å². The van der Waals surface area contributed by atoms with E-state index in [1.165, 1.54) is 4.68 Å². The standard InChI is InChI=1S/C28H24N4O2/c33-27(29-17-16-21-10-4-1-5-11-21)24-19-31(18-22-12-6-2-7-13-22)20-25-26(24)30-32(28(25)34)23-14-8-3-9-15-23/h1-15,19-20H,16-18H2,(H,29,33). The summed E-state index contributed by atoms with van der Waals surface area (Å²) >= 11 is 0. The molecule has 2 heterocycles. The van der Waals surface area contributed by atoms with Crippen molar-refractivity contribution in [1.29, 1.82) is 0 Å². The van der Waals surface area contributed by atoms with Crippen LogP contribution in [0.2, 0.25) is 0 Å². The first-order valence-electron chi connectivity index (χ1n) is 11.2. The van der Waals surface area contributed by atoms with E-state index in [2.05, 4.69) is 10.4 Å². The first-order valence-corrected chi connectivity index (χ1v) is 11.2. The van der Waals surface area contributed by atoms with E-state index in [-0.39, 0.29) is 11.5 Å². The summed E-state index contributed by atoms with van der Waals surface area (Å²) in [4.78, 5) is 26.5. The Labute approximate surface area is 197 Å². The van der Waals surface area contributed by atoms with Gasteiger partial charge in [0.1, 0.15) is 5.69 Å². The molecule has 0 spiro atoms. The molecule has 0 fully saturated rings. The Kier molecular flexibility index (Phi) is 6.03. The number of carbonyl (C=O) groups excluding carboxylic acids is 1. The minimum absolute atomic E-state index is 0.248. The molecular formula is C28H24N4O2. The number of rotatable bonds is 7. The highest BCUT2D eigenvalue weighted by atomic mass is 16.2. The largest absolute Gasteiger partial charge is 0.352 e. The molecule has 0 unspecified atom stereocenters. The summed E-state index contributed by atoms with van der Waals surface area (Å²) in [5, 5.41) is 7.54. The minimum Gasteiger partial charge on any atom is -0.352 e. The zero-order valence-corrected chi connectivity index (χ0v) is 18.6. The second-order valence-electron chi connectivity index (χ2n) is 8.14. The molecule has 1 amide bonds. The number of para-hydroxylation sites is 1. The van der Waals surface area contributed by atoms with Crippen LogP contribution in [-0.4, -0.2) is 26.8 Å². The van der Waals surface area contributed by atoms with Crippen LogP contribution in [0, 0.1) is 0 Å². The van der Waals surface area contributed by atoms with Gasteiger partial charge in [-0.3, -0.25) is 9.59 Å². The monoisotopic (exact) mass is 448 g/mol. The summed E-state index contributed by atoms with van der Waals surface area (Å²) in [6, 6.07) is 29.2. The molecule has 0 aliphatic carbocycles. The van der Waals surface area contributed by atoms with E-state index in [0.717, 1.165) is 17.5 Å². The van der Waals surface area contributed by atoms with E-state index in [9.17, 15) is 9.59 Å². The van der Waals surface area contributed by atoms with Crippen LogP contribution >= 0.6 is 0 Å². The van der Waals surface area contributed by atoms with E-state index in [4.69, 9.17) is 0 Å². The van der Waals surface area contributed by atoms with Gasteiger partial charge in [-0.15, -0.1) is 0 Å². The molecule has 0 saturated heterocycles. The molecular weight excluding hydrogens is 424 g/mol. The van der Waals surface area contributed by atoms with Crippen molar-refractivity contribution in [2.75, 3.05) is 6.54 Å². The van der Waals surface area contributed by atoms with E-state index in [0.29, 0.717) is 35.6 Å². The number of hydrogen-bond donors (Lipinski definition) is 1. The van der Waals surface area contributed by atoms with Crippen molar-refractivity contribution < 1.29 is 4.79 Å². The number of nitrogens with one attached hydrogen (secondary N) is 1. The van der Waals surface area contributed by atoms with Crippen molar-refractivity contribution in [1.82, 2.24) is 19.7 Å². The Hall–Kier alpha value is -4.45. The van der Waals surface area contributed by atoms with Gasteiger partial charge >= 0.3 is 0 Å². The third-order valence-electron chi connectivity index (χ3n) is 5.72. The maximum Gasteiger partial charge on any atom is 0.282 e. The second kappa shape index (κ2) is 9.58. The molecule has 6 heteroatoms. The van der Waals surface area contributed by atoms with Gasteiger partial charge in [0.25, 0.3) is 11.5 Å². The zero-order chi connectivity index (χ0) is 23.3. The molecule has 34 heavy (non-hydrogen) atoms. The highest BCUT2D eigenvalue weighted by molar-refractivity contribution is 5.99. The number of hydrogen-bond acceptors (Lipinski definition) is 3. The predicted octanol–water partition coefficient (Wildman–Crippen LogP) is 4.16. The maximum absolute atomic E-state index is 13.3. The fraction of sp³-hybridized carbons (Fsp3) is 0.107. The van der Waals surface area contributed by atoms with E-state index in [1.54, 1.807) is 12.4 Å². The average molecular weight is 449 g/mol. The molecule has 2 aliphatic heterocycles. The number of nitrogens with zero attached hydrogens (tertiary/aromatic N) is 3. The van der Waals surface area contributed by atoms with Crippen LogP contribution in [0.15, 0.2) is 108 Å². The summed E-state index contributed by atoms with van der Waals surface area (Å²) < 4.78 is 3.24. The summed E-state index contributed by atoms with van der Waals surface area (Å²) in [6.07, 6.45) is 4.27. The molecule has 0 bridgehead atoms. The zero-order valence-electron chi connectivity index (χ0n) is 18.6. The van der Waals surface area contributed by atoms with Gasteiger partial charge in [0.2, 0.25) is 0 Å². The Morgan fingerprint density at radius 2 is 1.41 bits per heavy atom. The topological polar surface area (TPSA) is 68.9 Å². The van der Waals surface area contributed by atoms with Crippen LogP contribution in [0.1, 0.15) is 21.5 Å². The maximum atomic E-state index is 13.3. The number of fused-ring (bicyclic) bond motifs is 1. The van der Waals surface area contributed by atoms with Crippen LogP contribution in [0.5, 0.6) is 0 Å². The molecule has 0 radical (unpaired) electrons. The van der Waals surface area contributed by atoms with Gasteiger partial charge in [0.15, 0.2) is 0 Å². The fourth-order valence-electron chi connectivity index (χ4n) is 4.02. The van der Waals surface area contributed by atoms with Gasteiger partial charge in [0, 0.05) is 25.5 Å². The summed E-state index contributed by atoms with van der Waals surface area (Å²) in [5.74, 6) is -0.249. The SMILES string of the molecule is O=C(NCCc1ccccc1)c1cn(Cc2ccccc2)cc2c(=O)n(-c3ccccc3)nc1-2. The third kappa shape index (κ3) is 4.52. The molecule has 0 aromatic heterocycles. The van der Waals surface area contributed by atoms with Gasteiger partial charge in [-0.05, 0) is 29.7 Å². The molecule has 5 rings (SSSR count). The number of benzene rings is 3. The van der Waals surface area contributed by atoms with Crippen molar-refractivity contribution in [3.05, 3.63) is 130 Å². The van der Waals surface area contributed by atoms with Crippen LogP contribution in [0.3, 0.4) is 0 Å². The van der Waals surface area contributed by atoms with Crippen molar-refractivity contribution in [2.24, 2.45) is 0 Å². The first-order chi connectivity index (χ1) is 16.7. The number of aromatic nitrogens is 3. The predicted molar refractivity (Wildman–Crippen MR) is 132 cm³/mol. The Morgan fingerprint density at radius 1 is 0.794 bits per heavy atom. The Bertz CT molecular complexity index is 1420. The third-order valence-corrected chi connectivity index (χ3v) is 5.72. The highest BCUT2D eigenvalue weighted by Crippen LogP contribution is 2.23. The van der Waals surface area contributed by atoms with E-state index >= 15 is 0 Å². The lowest BCUT2D eigenvalue weighted by molar-refractivity contribution is 0.0953. The van der Waals surface area contributed by atoms with Gasteiger partial charge in [0.05, 0.1) is 16.8 Å². The molecule has 0 atom stereocenters. The van der Waals surface area contributed by atoms with Crippen LogP contribution in [-0.2, 0) is 13.0 Å².